The van der Waals surface area contributed by atoms with Gasteiger partial charge < -0.3 is 10.2 Å². The zero-order chi connectivity index (χ0) is 16.7. The standard InChI is InChI=1S/C14H9Cl3N2O3S/c15-6-1-2-8(7(16)5-6)19-12(9-3-4-10(17)23-9)13(20)11(18-19)14(21)22/h1-5,12-13,20H,(H,21,22). The van der Waals surface area contributed by atoms with E-state index in [0.29, 0.717) is 24.9 Å². The van der Waals surface area contributed by atoms with Crippen LogP contribution < -0.4 is 5.01 Å². The monoisotopic (exact) mass is 390 g/mol. The lowest BCUT2D eigenvalue weighted by Gasteiger charge is -2.25. The molecule has 2 heterocycles. The fourth-order valence-electron chi connectivity index (χ4n) is 2.32. The second kappa shape index (κ2) is 6.30. The van der Waals surface area contributed by atoms with Gasteiger partial charge in [0.15, 0.2) is 5.71 Å². The molecule has 1 aliphatic rings. The summed E-state index contributed by atoms with van der Waals surface area (Å²) in [5, 5.41) is 25.8. The highest BCUT2D eigenvalue weighted by atomic mass is 35.5. The lowest BCUT2D eigenvalue weighted by Crippen LogP contribution is -2.32. The number of benzene rings is 1. The van der Waals surface area contributed by atoms with Crippen LogP contribution in [0.15, 0.2) is 35.4 Å². The van der Waals surface area contributed by atoms with Crippen LogP contribution in [0.3, 0.4) is 0 Å². The number of hydrazone groups is 1. The minimum absolute atomic E-state index is 0.299. The molecule has 1 aromatic carbocycles. The summed E-state index contributed by atoms with van der Waals surface area (Å²) in [5.41, 5.74) is 0.0893. The number of halogens is 3. The van der Waals surface area contributed by atoms with Crippen molar-refractivity contribution in [1.82, 2.24) is 0 Å². The molecule has 1 aromatic heterocycles. The molecule has 2 unspecified atom stereocenters. The maximum Gasteiger partial charge on any atom is 0.354 e. The van der Waals surface area contributed by atoms with Crippen molar-refractivity contribution in [2.24, 2.45) is 5.10 Å². The van der Waals surface area contributed by atoms with Gasteiger partial charge in [0.05, 0.1) is 15.0 Å². The number of nitrogens with zero attached hydrogens (tertiary/aromatic N) is 2. The molecule has 3 rings (SSSR count). The van der Waals surface area contributed by atoms with Gasteiger partial charge in [-0.05, 0) is 30.3 Å². The van der Waals surface area contributed by atoms with Crippen molar-refractivity contribution in [3.05, 3.63) is 49.6 Å². The van der Waals surface area contributed by atoms with Crippen LogP contribution in [0, 0.1) is 0 Å². The number of carboxylic acids is 1. The minimum atomic E-state index is -1.31. The zero-order valence-electron chi connectivity index (χ0n) is 11.3. The van der Waals surface area contributed by atoms with Crippen LogP contribution in [-0.4, -0.2) is 28.0 Å². The van der Waals surface area contributed by atoms with E-state index in [1.165, 1.54) is 22.4 Å². The molecule has 0 fully saturated rings. The zero-order valence-corrected chi connectivity index (χ0v) is 14.4. The molecule has 0 amide bonds. The van der Waals surface area contributed by atoms with E-state index in [0.717, 1.165) is 0 Å². The Morgan fingerprint density at radius 1 is 1.22 bits per heavy atom. The van der Waals surface area contributed by atoms with E-state index in [1.807, 2.05) is 0 Å². The molecule has 0 bridgehead atoms. The molecule has 120 valence electrons. The summed E-state index contributed by atoms with van der Waals surface area (Å²) in [5.74, 6) is -1.29. The van der Waals surface area contributed by atoms with E-state index in [1.54, 1.807) is 24.3 Å². The topological polar surface area (TPSA) is 73.1 Å². The molecule has 0 saturated heterocycles. The molecule has 2 aromatic rings. The van der Waals surface area contributed by atoms with Crippen molar-refractivity contribution >= 4 is 63.5 Å². The van der Waals surface area contributed by atoms with Crippen LogP contribution in [-0.2, 0) is 4.79 Å². The summed E-state index contributed by atoms with van der Waals surface area (Å²) in [6.07, 6.45) is -1.31. The third kappa shape index (κ3) is 3.05. The van der Waals surface area contributed by atoms with Crippen LogP contribution in [0.2, 0.25) is 14.4 Å². The average Bonchev–Trinajstić information content (AvgIpc) is 3.02. The molecule has 0 radical (unpaired) electrons. The number of aliphatic carboxylic acids is 1. The Kier molecular flexibility index (Phi) is 4.53. The number of rotatable bonds is 3. The van der Waals surface area contributed by atoms with Crippen LogP contribution in [0.4, 0.5) is 5.69 Å². The third-order valence-corrected chi connectivity index (χ3v) is 5.16. The maximum atomic E-state index is 11.3. The Morgan fingerprint density at radius 2 is 1.96 bits per heavy atom. The second-order valence-electron chi connectivity index (χ2n) is 4.76. The van der Waals surface area contributed by atoms with Crippen molar-refractivity contribution < 1.29 is 15.0 Å². The van der Waals surface area contributed by atoms with E-state index in [2.05, 4.69) is 5.10 Å². The highest BCUT2D eigenvalue weighted by Crippen LogP contribution is 2.42. The third-order valence-electron chi connectivity index (χ3n) is 3.32. The Labute approximate surface area is 150 Å². The summed E-state index contributed by atoms with van der Waals surface area (Å²) in [7, 11) is 0. The predicted octanol–water partition coefficient (Wildman–Crippen LogP) is 4.07. The lowest BCUT2D eigenvalue weighted by molar-refractivity contribution is -0.129. The molecule has 0 spiro atoms. The smallest absolute Gasteiger partial charge is 0.354 e. The van der Waals surface area contributed by atoms with Gasteiger partial charge in [0, 0.05) is 9.90 Å². The molecule has 5 nitrogen and oxygen atoms in total. The summed E-state index contributed by atoms with van der Waals surface area (Å²) in [4.78, 5) is 12.0. The average molecular weight is 392 g/mol. The van der Waals surface area contributed by atoms with Crippen molar-refractivity contribution in [2.45, 2.75) is 12.1 Å². The molecule has 2 N–H and O–H groups in total. The number of anilines is 1. The highest BCUT2D eigenvalue weighted by molar-refractivity contribution is 7.16. The van der Waals surface area contributed by atoms with E-state index in [4.69, 9.17) is 34.8 Å². The Hall–Kier alpha value is -1.31. The largest absolute Gasteiger partial charge is 0.477 e. The number of aliphatic hydroxyl groups is 1. The van der Waals surface area contributed by atoms with Crippen LogP contribution in [0.5, 0.6) is 0 Å². The summed E-state index contributed by atoms with van der Waals surface area (Å²) < 4.78 is 0.526. The Morgan fingerprint density at radius 3 is 2.52 bits per heavy atom. The van der Waals surface area contributed by atoms with Crippen molar-refractivity contribution in [1.29, 1.82) is 0 Å². The molecule has 23 heavy (non-hydrogen) atoms. The van der Waals surface area contributed by atoms with Crippen molar-refractivity contribution in [2.75, 3.05) is 5.01 Å². The Balaban J connectivity index is 2.11. The molecule has 9 heteroatoms. The number of carbonyl (C=O) groups is 1. The fourth-order valence-corrected chi connectivity index (χ4v) is 4.00. The van der Waals surface area contributed by atoms with Gasteiger partial charge in [-0.2, -0.15) is 5.10 Å². The van der Waals surface area contributed by atoms with Gasteiger partial charge in [-0.3, -0.25) is 5.01 Å². The first-order valence-corrected chi connectivity index (χ1v) is 8.33. The SMILES string of the molecule is O=C(O)C1=NN(c2ccc(Cl)cc2Cl)C(c2ccc(Cl)s2)C1O. The van der Waals surface area contributed by atoms with Gasteiger partial charge >= 0.3 is 5.97 Å². The second-order valence-corrected chi connectivity index (χ2v) is 7.35. The lowest BCUT2D eigenvalue weighted by atomic mass is 10.1. The number of carboxylic acid groups (broad SMARTS) is 1. The Bertz CT molecular complexity index is 808. The highest BCUT2D eigenvalue weighted by Gasteiger charge is 2.42. The summed E-state index contributed by atoms with van der Waals surface area (Å²) in [6, 6.07) is 7.43. The predicted molar refractivity (Wildman–Crippen MR) is 92.1 cm³/mol. The van der Waals surface area contributed by atoms with Crippen molar-refractivity contribution in [3.63, 3.8) is 0 Å². The molecule has 0 aliphatic carbocycles. The first-order valence-electron chi connectivity index (χ1n) is 6.38. The first-order chi connectivity index (χ1) is 10.9. The van der Waals surface area contributed by atoms with Gasteiger partial charge in [-0.1, -0.05) is 34.8 Å². The van der Waals surface area contributed by atoms with Crippen molar-refractivity contribution in [3.8, 4) is 0 Å². The molecular weight excluding hydrogens is 383 g/mol. The van der Waals surface area contributed by atoms with Crippen LogP contribution in [0.25, 0.3) is 0 Å². The van der Waals surface area contributed by atoms with Gasteiger partial charge in [0.1, 0.15) is 12.1 Å². The molecule has 2 atom stereocenters. The van der Waals surface area contributed by atoms with Crippen LogP contribution >= 0.6 is 46.1 Å². The van der Waals surface area contributed by atoms with Crippen LogP contribution in [0.1, 0.15) is 10.9 Å². The van der Waals surface area contributed by atoms with Gasteiger partial charge in [0.25, 0.3) is 0 Å². The maximum absolute atomic E-state index is 11.3. The number of aliphatic hydroxyl groups excluding tert-OH is 1. The van der Waals surface area contributed by atoms with Gasteiger partial charge in [-0.15, -0.1) is 11.3 Å². The number of hydrogen-bond acceptors (Lipinski definition) is 5. The minimum Gasteiger partial charge on any atom is -0.477 e. The number of thiophene rings is 1. The quantitative estimate of drug-likeness (QED) is 0.827. The fraction of sp³-hybridized carbons (Fsp3) is 0.143. The first kappa shape index (κ1) is 16.5. The summed E-state index contributed by atoms with van der Waals surface area (Å²) in [6.45, 7) is 0. The molecule has 0 saturated carbocycles. The molecular formula is C14H9Cl3N2O3S. The normalized spacial score (nSPS) is 20.7. The van der Waals surface area contributed by atoms with Gasteiger partial charge in [0.2, 0.25) is 0 Å². The molecule has 1 aliphatic heterocycles. The van der Waals surface area contributed by atoms with E-state index < -0.39 is 18.1 Å². The van der Waals surface area contributed by atoms with E-state index in [9.17, 15) is 15.0 Å². The van der Waals surface area contributed by atoms with Gasteiger partial charge in [-0.25, -0.2) is 4.79 Å². The number of hydrogen-bond donors (Lipinski definition) is 2. The van der Waals surface area contributed by atoms with E-state index in [-0.39, 0.29) is 5.71 Å². The summed E-state index contributed by atoms with van der Waals surface area (Å²) >= 11 is 19.3. The van der Waals surface area contributed by atoms with E-state index >= 15 is 0 Å².